The highest BCUT2D eigenvalue weighted by atomic mass is 16.5. The first-order valence-electron chi connectivity index (χ1n) is 9.08. The zero-order valence-electron chi connectivity index (χ0n) is 14.8. The molecule has 0 bridgehead atoms. The minimum atomic E-state index is 0.0851. The molecule has 0 aliphatic carbocycles. The number of benzene rings is 1. The van der Waals surface area contributed by atoms with Crippen LogP contribution in [-0.2, 0) is 16.0 Å². The Kier molecular flexibility index (Phi) is 8.81. The normalized spacial score (nSPS) is 16.7. The smallest absolute Gasteiger partial charge is 0.234 e. The first-order valence-corrected chi connectivity index (χ1v) is 9.08. The van der Waals surface area contributed by atoms with E-state index in [0.29, 0.717) is 6.54 Å². The van der Waals surface area contributed by atoms with E-state index >= 15 is 0 Å². The van der Waals surface area contributed by atoms with E-state index in [1.54, 1.807) is 0 Å². The van der Waals surface area contributed by atoms with Crippen LogP contribution >= 0.6 is 0 Å². The number of nitrogens with zero attached hydrogens (tertiary/aromatic N) is 1. The van der Waals surface area contributed by atoms with Crippen LogP contribution in [0.4, 0.5) is 0 Å². The number of carbonyl (C=O) groups excluding carboxylic acids is 1. The van der Waals surface area contributed by atoms with E-state index in [2.05, 4.69) is 46.7 Å². The summed E-state index contributed by atoms with van der Waals surface area (Å²) in [5.41, 5.74) is 1.32. The van der Waals surface area contributed by atoms with Crippen molar-refractivity contribution in [2.45, 2.75) is 32.2 Å². The van der Waals surface area contributed by atoms with Crippen LogP contribution in [0.2, 0.25) is 0 Å². The summed E-state index contributed by atoms with van der Waals surface area (Å²) in [6.07, 6.45) is 3.03. The van der Waals surface area contributed by atoms with Gasteiger partial charge in [-0.1, -0.05) is 30.3 Å². The molecule has 2 N–H and O–H groups in total. The lowest BCUT2D eigenvalue weighted by atomic mass is 10.1. The van der Waals surface area contributed by atoms with E-state index in [-0.39, 0.29) is 11.9 Å². The molecule has 0 spiro atoms. The fourth-order valence-corrected chi connectivity index (χ4v) is 2.88. The zero-order chi connectivity index (χ0) is 17.0. The van der Waals surface area contributed by atoms with E-state index in [4.69, 9.17) is 4.74 Å². The average Bonchev–Trinajstić information content (AvgIpc) is 2.61. The van der Waals surface area contributed by atoms with Crippen molar-refractivity contribution in [3.8, 4) is 0 Å². The van der Waals surface area contributed by atoms with Gasteiger partial charge in [-0.15, -0.1) is 0 Å². The van der Waals surface area contributed by atoms with Crippen molar-refractivity contribution in [3.63, 3.8) is 0 Å². The molecule has 1 aliphatic heterocycles. The van der Waals surface area contributed by atoms with E-state index in [1.807, 2.05) is 6.07 Å². The molecule has 1 fully saturated rings. The van der Waals surface area contributed by atoms with Gasteiger partial charge in [0.05, 0.1) is 19.8 Å². The maximum atomic E-state index is 11.9. The van der Waals surface area contributed by atoms with Crippen LogP contribution in [-0.4, -0.2) is 62.8 Å². The van der Waals surface area contributed by atoms with Crippen LogP contribution in [0.15, 0.2) is 30.3 Å². The summed E-state index contributed by atoms with van der Waals surface area (Å²) in [6, 6.07) is 10.6. The molecule has 1 aromatic carbocycles. The summed E-state index contributed by atoms with van der Waals surface area (Å²) < 4.78 is 5.33. The maximum absolute atomic E-state index is 11.9. The van der Waals surface area contributed by atoms with E-state index in [0.717, 1.165) is 58.7 Å². The molecule has 1 aliphatic rings. The van der Waals surface area contributed by atoms with Crippen molar-refractivity contribution < 1.29 is 9.53 Å². The Labute approximate surface area is 145 Å². The molecule has 1 atom stereocenters. The Morgan fingerprint density at radius 2 is 2.00 bits per heavy atom. The molecule has 134 valence electrons. The second-order valence-corrected chi connectivity index (χ2v) is 6.48. The topological polar surface area (TPSA) is 53.6 Å². The molecule has 1 heterocycles. The molecule has 2 rings (SSSR count). The van der Waals surface area contributed by atoms with Crippen LogP contribution < -0.4 is 10.6 Å². The van der Waals surface area contributed by atoms with Gasteiger partial charge in [0, 0.05) is 19.1 Å². The zero-order valence-corrected chi connectivity index (χ0v) is 14.8. The SMILES string of the molecule is C[C@H](CCc1ccccc1)NC(=O)CNCCCN1CCOCC1. The predicted molar refractivity (Wildman–Crippen MR) is 97.1 cm³/mol. The Hall–Kier alpha value is -1.43. The minimum Gasteiger partial charge on any atom is -0.379 e. The third-order valence-corrected chi connectivity index (χ3v) is 4.33. The fraction of sp³-hybridized carbons (Fsp3) is 0.632. The van der Waals surface area contributed by atoms with Crippen molar-refractivity contribution in [2.24, 2.45) is 0 Å². The Morgan fingerprint density at radius 3 is 2.75 bits per heavy atom. The van der Waals surface area contributed by atoms with Gasteiger partial charge in [-0.05, 0) is 44.8 Å². The highest BCUT2D eigenvalue weighted by molar-refractivity contribution is 5.78. The molecule has 0 unspecified atom stereocenters. The van der Waals surface area contributed by atoms with Gasteiger partial charge < -0.3 is 15.4 Å². The number of hydrogen-bond acceptors (Lipinski definition) is 4. The summed E-state index contributed by atoms with van der Waals surface area (Å²) >= 11 is 0. The molecular formula is C19H31N3O2. The first kappa shape index (κ1) is 18.9. The number of amides is 1. The molecule has 0 aromatic heterocycles. The monoisotopic (exact) mass is 333 g/mol. The molecule has 1 amide bonds. The number of carbonyl (C=O) groups is 1. The Morgan fingerprint density at radius 1 is 1.25 bits per heavy atom. The molecule has 5 heteroatoms. The second kappa shape index (κ2) is 11.2. The van der Waals surface area contributed by atoms with Crippen molar-refractivity contribution >= 4 is 5.91 Å². The van der Waals surface area contributed by atoms with Gasteiger partial charge in [-0.25, -0.2) is 0 Å². The molecule has 1 aromatic rings. The number of aryl methyl sites for hydroxylation is 1. The average molecular weight is 333 g/mol. The van der Waals surface area contributed by atoms with Gasteiger partial charge in [0.2, 0.25) is 5.91 Å². The number of nitrogens with one attached hydrogen (secondary N) is 2. The largest absolute Gasteiger partial charge is 0.379 e. The van der Waals surface area contributed by atoms with Crippen molar-refractivity contribution in [2.75, 3.05) is 45.9 Å². The minimum absolute atomic E-state index is 0.0851. The maximum Gasteiger partial charge on any atom is 0.234 e. The van der Waals surface area contributed by atoms with Gasteiger partial charge in [0.25, 0.3) is 0 Å². The summed E-state index contributed by atoms with van der Waals surface area (Å²) in [5, 5.41) is 6.30. The third kappa shape index (κ3) is 7.90. The van der Waals surface area contributed by atoms with Crippen LogP contribution in [0, 0.1) is 0 Å². The molecule has 0 saturated carbocycles. The van der Waals surface area contributed by atoms with Gasteiger partial charge in [-0.2, -0.15) is 0 Å². The van der Waals surface area contributed by atoms with Crippen LogP contribution in [0.25, 0.3) is 0 Å². The Bertz CT molecular complexity index is 461. The van der Waals surface area contributed by atoms with Crippen LogP contribution in [0.5, 0.6) is 0 Å². The second-order valence-electron chi connectivity index (χ2n) is 6.48. The number of morpholine rings is 1. The third-order valence-electron chi connectivity index (χ3n) is 4.33. The van der Waals surface area contributed by atoms with E-state index < -0.39 is 0 Å². The molecule has 1 saturated heterocycles. The van der Waals surface area contributed by atoms with Gasteiger partial charge in [0.15, 0.2) is 0 Å². The quantitative estimate of drug-likeness (QED) is 0.636. The summed E-state index contributed by atoms with van der Waals surface area (Å²) in [5.74, 6) is 0.0851. The van der Waals surface area contributed by atoms with Gasteiger partial charge in [0.1, 0.15) is 0 Å². The number of hydrogen-bond donors (Lipinski definition) is 2. The number of rotatable bonds is 10. The summed E-state index contributed by atoms with van der Waals surface area (Å²) in [4.78, 5) is 14.3. The van der Waals surface area contributed by atoms with Crippen molar-refractivity contribution in [1.29, 1.82) is 0 Å². The van der Waals surface area contributed by atoms with Crippen molar-refractivity contribution in [3.05, 3.63) is 35.9 Å². The molecular weight excluding hydrogens is 302 g/mol. The molecule has 5 nitrogen and oxygen atoms in total. The van der Waals surface area contributed by atoms with Crippen LogP contribution in [0.1, 0.15) is 25.3 Å². The lowest BCUT2D eigenvalue weighted by molar-refractivity contribution is -0.120. The highest BCUT2D eigenvalue weighted by Crippen LogP contribution is 2.04. The summed E-state index contributed by atoms with van der Waals surface area (Å²) in [7, 11) is 0. The van der Waals surface area contributed by atoms with Crippen LogP contribution in [0.3, 0.4) is 0 Å². The predicted octanol–water partition coefficient (Wildman–Crippen LogP) is 1.44. The van der Waals surface area contributed by atoms with E-state index in [1.165, 1.54) is 5.56 Å². The van der Waals surface area contributed by atoms with Gasteiger partial charge >= 0.3 is 0 Å². The molecule has 0 radical (unpaired) electrons. The Balaban J connectivity index is 1.48. The lowest BCUT2D eigenvalue weighted by Gasteiger charge is -2.26. The lowest BCUT2D eigenvalue weighted by Crippen LogP contribution is -2.40. The standard InChI is InChI=1S/C19H31N3O2/c1-17(8-9-18-6-3-2-4-7-18)21-19(23)16-20-10-5-11-22-12-14-24-15-13-22/h2-4,6-7,17,20H,5,8-16H2,1H3,(H,21,23)/t17-/m1/s1. The fourth-order valence-electron chi connectivity index (χ4n) is 2.88. The highest BCUT2D eigenvalue weighted by Gasteiger charge is 2.10. The summed E-state index contributed by atoms with van der Waals surface area (Å²) in [6.45, 7) is 8.17. The van der Waals surface area contributed by atoms with Gasteiger partial charge in [-0.3, -0.25) is 9.69 Å². The van der Waals surface area contributed by atoms with Crippen molar-refractivity contribution in [1.82, 2.24) is 15.5 Å². The van der Waals surface area contributed by atoms with E-state index in [9.17, 15) is 4.79 Å². The molecule has 24 heavy (non-hydrogen) atoms. The first-order chi connectivity index (χ1) is 11.7. The number of ether oxygens (including phenoxy) is 1.